The number of methoxy groups -OCH3 is 1. The molecule has 0 saturated heterocycles. The van der Waals surface area contributed by atoms with Crippen molar-refractivity contribution in [2.24, 2.45) is 0 Å². The number of allylic oxidation sites excluding steroid dienone is 2. The molecule has 18 heavy (non-hydrogen) atoms. The average molecular weight is 252 g/mol. The van der Waals surface area contributed by atoms with Crippen molar-refractivity contribution in [2.75, 3.05) is 13.7 Å². The predicted octanol–water partition coefficient (Wildman–Crippen LogP) is 1.19. The molecule has 2 N–H and O–H groups in total. The molecule has 0 spiro atoms. The summed E-state index contributed by atoms with van der Waals surface area (Å²) in [6, 6.07) is 0. The number of hydrogen-bond donors (Lipinski definition) is 2. The first-order valence-corrected chi connectivity index (χ1v) is 5.85. The summed E-state index contributed by atoms with van der Waals surface area (Å²) in [5.74, 6) is 5.50. The Balaban J connectivity index is 3.66. The minimum Gasteiger partial charge on any atom is -0.469 e. The highest BCUT2D eigenvalue weighted by Crippen LogP contribution is 1.97. The van der Waals surface area contributed by atoms with Gasteiger partial charge in [-0.1, -0.05) is 24.3 Å². The van der Waals surface area contributed by atoms with Gasteiger partial charge >= 0.3 is 5.97 Å². The van der Waals surface area contributed by atoms with E-state index in [2.05, 4.69) is 16.6 Å². The van der Waals surface area contributed by atoms with E-state index >= 15 is 0 Å². The minimum absolute atomic E-state index is 0.0135. The van der Waals surface area contributed by atoms with Gasteiger partial charge in [0.2, 0.25) is 0 Å². The van der Waals surface area contributed by atoms with Gasteiger partial charge in [0.05, 0.1) is 19.8 Å². The van der Waals surface area contributed by atoms with Gasteiger partial charge in [-0.2, -0.15) is 0 Å². The summed E-state index contributed by atoms with van der Waals surface area (Å²) in [5.41, 5.74) is 0. The lowest BCUT2D eigenvalue weighted by molar-refractivity contribution is -0.140. The first-order chi connectivity index (χ1) is 8.70. The fourth-order valence-electron chi connectivity index (χ4n) is 1.09. The fourth-order valence-corrected chi connectivity index (χ4v) is 1.09. The van der Waals surface area contributed by atoms with E-state index in [1.54, 1.807) is 24.3 Å². The Kier molecular flexibility index (Phi) is 10.9. The summed E-state index contributed by atoms with van der Waals surface area (Å²) in [6.45, 7) is -0.0135. The maximum atomic E-state index is 10.8. The molecule has 0 aromatic carbocycles. The molecule has 0 aliphatic rings. The predicted molar refractivity (Wildman–Crippen MR) is 69.6 cm³/mol. The Bertz CT molecular complexity index is 333. The summed E-state index contributed by atoms with van der Waals surface area (Å²) in [7, 11) is 1.36. The SMILES string of the molecule is COC(=O)CCCC#CCC(O)C=CC=CCO. The Morgan fingerprint density at radius 3 is 2.83 bits per heavy atom. The van der Waals surface area contributed by atoms with Crippen molar-refractivity contribution < 1.29 is 19.7 Å². The number of aliphatic hydroxyl groups excluding tert-OH is 2. The first-order valence-electron chi connectivity index (χ1n) is 5.85. The standard InChI is InChI=1S/C14H20O4/c1-18-14(17)11-7-3-2-5-9-13(16)10-6-4-8-12-15/h4,6,8,10,13,15-16H,3,7,9,11-12H2,1H3. The molecule has 1 atom stereocenters. The second-order valence-corrected chi connectivity index (χ2v) is 3.55. The fraction of sp³-hybridized carbons (Fsp3) is 0.500. The molecule has 0 fully saturated rings. The molecule has 4 nitrogen and oxygen atoms in total. The number of rotatable bonds is 7. The Hall–Kier alpha value is -1.57. The van der Waals surface area contributed by atoms with Gasteiger partial charge in [0.25, 0.3) is 0 Å². The molecule has 0 heterocycles. The van der Waals surface area contributed by atoms with Crippen LogP contribution in [0.5, 0.6) is 0 Å². The highest BCUT2D eigenvalue weighted by molar-refractivity contribution is 5.69. The molecule has 0 aromatic heterocycles. The van der Waals surface area contributed by atoms with Crippen molar-refractivity contribution in [3.05, 3.63) is 24.3 Å². The van der Waals surface area contributed by atoms with Crippen LogP contribution in [-0.4, -0.2) is 36.0 Å². The van der Waals surface area contributed by atoms with Crippen molar-refractivity contribution in [3.8, 4) is 11.8 Å². The zero-order valence-electron chi connectivity index (χ0n) is 10.6. The van der Waals surface area contributed by atoms with Gasteiger partial charge in [-0.15, -0.1) is 11.8 Å². The Labute approximate surface area is 108 Å². The third-order valence-corrected chi connectivity index (χ3v) is 2.03. The van der Waals surface area contributed by atoms with Gasteiger partial charge in [0.1, 0.15) is 0 Å². The van der Waals surface area contributed by atoms with E-state index < -0.39 is 6.10 Å². The second-order valence-electron chi connectivity index (χ2n) is 3.55. The summed E-state index contributed by atoms with van der Waals surface area (Å²) < 4.78 is 4.50. The van der Waals surface area contributed by atoms with E-state index in [4.69, 9.17) is 5.11 Å². The van der Waals surface area contributed by atoms with E-state index in [9.17, 15) is 9.90 Å². The molecule has 0 amide bonds. The molecule has 1 unspecified atom stereocenters. The minimum atomic E-state index is -0.610. The molecule has 0 radical (unpaired) electrons. The van der Waals surface area contributed by atoms with E-state index in [1.807, 2.05) is 0 Å². The van der Waals surface area contributed by atoms with Crippen molar-refractivity contribution in [1.82, 2.24) is 0 Å². The van der Waals surface area contributed by atoms with Gasteiger partial charge in [-0.3, -0.25) is 4.79 Å². The monoisotopic (exact) mass is 252 g/mol. The molecule has 0 rings (SSSR count). The van der Waals surface area contributed by atoms with Crippen LogP contribution in [-0.2, 0) is 9.53 Å². The van der Waals surface area contributed by atoms with Crippen LogP contribution in [0.15, 0.2) is 24.3 Å². The molecular formula is C14H20O4. The second kappa shape index (κ2) is 11.9. The summed E-state index contributed by atoms with van der Waals surface area (Å²) in [4.78, 5) is 10.8. The van der Waals surface area contributed by atoms with Crippen molar-refractivity contribution in [3.63, 3.8) is 0 Å². The molecule has 100 valence electrons. The summed E-state index contributed by atoms with van der Waals surface area (Å²) >= 11 is 0. The van der Waals surface area contributed by atoms with Gasteiger partial charge in [-0.05, 0) is 6.42 Å². The summed E-state index contributed by atoms with van der Waals surface area (Å²) in [5, 5.41) is 17.9. The van der Waals surface area contributed by atoms with Crippen LogP contribution in [0.3, 0.4) is 0 Å². The van der Waals surface area contributed by atoms with Gasteiger partial charge in [-0.25, -0.2) is 0 Å². The van der Waals surface area contributed by atoms with Gasteiger partial charge in [0.15, 0.2) is 0 Å². The van der Waals surface area contributed by atoms with Crippen molar-refractivity contribution >= 4 is 5.97 Å². The maximum Gasteiger partial charge on any atom is 0.305 e. The van der Waals surface area contributed by atoms with Gasteiger partial charge in [0, 0.05) is 19.3 Å². The van der Waals surface area contributed by atoms with Crippen LogP contribution in [0.2, 0.25) is 0 Å². The Morgan fingerprint density at radius 1 is 1.39 bits per heavy atom. The lowest BCUT2D eigenvalue weighted by atomic mass is 10.2. The van der Waals surface area contributed by atoms with Crippen LogP contribution < -0.4 is 0 Å². The number of esters is 1. The van der Waals surface area contributed by atoms with Crippen molar-refractivity contribution in [1.29, 1.82) is 0 Å². The lowest BCUT2D eigenvalue weighted by Gasteiger charge is -1.97. The number of unbranched alkanes of at least 4 members (excludes halogenated alkanes) is 1. The van der Waals surface area contributed by atoms with Crippen LogP contribution in [0.4, 0.5) is 0 Å². The van der Waals surface area contributed by atoms with E-state index in [-0.39, 0.29) is 12.6 Å². The highest BCUT2D eigenvalue weighted by atomic mass is 16.5. The molecule has 0 aliphatic heterocycles. The maximum absolute atomic E-state index is 10.8. The first kappa shape index (κ1) is 16.4. The van der Waals surface area contributed by atoms with Crippen LogP contribution in [0.1, 0.15) is 25.7 Å². The number of hydrogen-bond acceptors (Lipinski definition) is 4. The van der Waals surface area contributed by atoms with Crippen LogP contribution >= 0.6 is 0 Å². The van der Waals surface area contributed by atoms with Crippen LogP contribution in [0, 0.1) is 11.8 Å². The lowest BCUT2D eigenvalue weighted by Crippen LogP contribution is -1.99. The highest BCUT2D eigenvalue weighted by Gasteiger charge is 1.97. The van der Waals surface area contributed by atoms with E-state index in [1.165, 1.54) is 7.11 Å². The molecule has 4 heteroatoms. The van der Waals surface area contributed by atoms with E-state index in [0.717, 1.165) is 0 Å². The number of carbonyl (C=O) groups is 1. The normalized spacial score (nSPS) is 12.4. The van der Waals surface area contributed by atoms with Crippen LogP contribution in [0.25, 0.3) is 0 Å². The smallest absolute Gasteiger partial charge is 0.305 e. The van der Waals surface area contributed by atoms with Crippen molar-refractivity contribution in [2.45, 2.75) is 31.8 Å². The number of aliphatic hydroxyl groups is 2. The van der Waals surface area contributed by atoms with Gasteiger partial charge < -0.3 is 14.9 Å². The quantitative estimate of drug-likeness (QED) is 0.309. The average Bonchev–Trinajstić information content (AvgIpc) is 2.38. The largest absolute Gasteiger partial charge is 0.469 e. The molecular weight excluding hydrogens is 232 g/mol. The zero-order chi connectivity index (χ0) is 13.6. The molecule has 0 aromatic rings. The molecule has 0 bridgehead atoms. The number of carbonyl (C=O) groups excluding carboxylic acids is 1. The third kappa shape index (κ3) is 10.9. The summed E-state index contributed by atoms with van der Waals surface area (Å²) in [6.07, 6.45) is 7.92. The topological polar surface area (TPSA) is 66.8 Å². The van der Waals surface area contributed by atoms with E-state index in [0.29, 0.717) is 25.7 Å². The third-order valence-electron chi connectivity index (χ3n) is 2.03. The zero-order valence-corrected chi connectivity index (χ0v) is 10.6. The Morgan fingerprint density at radius 2 is 2.17 bits per heavy atom. The number of ether oxygens (including phenoxy) is 1. The molecule has 0 saturated carbocycles. The molecule has 0 aliphatic carbocycles.